The van der Waals surface area contributed by atoms with E-state index in [0.29, 0.717) is 22.6 Å². The van der Waals surface area contributed by atoms with Crippen LogP contribution in [-0.2, 0) is 84.3 Å². The number of ether oxygens (including phenoxy) is 1. The van der Waals surface area contributed by atoms with Crippen molar-refractivity contribution in [3.63, 3.8) is 0 Å². The monoisotopic (exact) mass is 1250 g/mol. The Labute approximate surface area is 459 Å². The number of carboxylic acids is 1. The third-order valence-corrected chi connectivity index (χ3v) is 18.8. The normalized spacial score (nSPS) is 12.9. The number of carbonyl (C=O) groups is 1. The SMILES string of the molecule is C1CCOC1.CB1OB(C)OB(C)O1.CC(=O)O.CC(C)[PH+](c1ccccc1S(=O)(=O)O)C(C)C.CC(C)[PH+](c1ccccc1S(=O)(=O)O)C(C)C.Cc1cccc(C)n1.Cc1cccc(C)n1.[CH3-].[Pd].[Pd]. The van der Waals surface area contributed by atoms with Gasteiger partial charge in [0.05, 0.1) is 22.6 Å². The Morgan fingerprint density at radius 1 is 0.535 bits per heavy atom. The molecule has 2 aliphatic rings. The van der Waals surface area contributed by atoms with Crippen LogP contribution in [0.5, 0.6) is 0 Å². The maximum Gasteiger partial charge on any atom is 0.426 e. The second-order valence-electron chi connectivity index (χ2n) is 17.3. The van der Waals surface area contributed by atoms with Gasteiger partial charge in [0.1, 0.15) is 20.4 Å². The van der Waals surface area contributed by atoms with Crippen molar-refractivity contribution in [1.82, 2.24) is 9.97 Å². The van der Waals surface area contributed by atoms with Crippen LogP contribution >= 0.6 is 15.8 Å². The van der Waals surface area contributed by atoms with Crippen molar-refractivity contribution >= 4 is 74.0 Å². The summed E-state index contributed by atoms with van der Waals surface area (Å²) >= 11 is 0. The average molecular weight is 1250 g/mol. The Balaban J connectivity index is -0.000000385. The number of hydrogen-bond donors (Lipinski definition) is 3. The third-order valence-electron chi connectivity index (χ3n) is 9.47. The van der Waals surface area contributed by atoms with Crippen molar-refractivity contribution in [2.45, 2.75) is 156 Å². The molecule has 0 radical (unpaired) electrons. The minimum atomic E-state index is -4.12. The summed E-state index contributed by atoms with van der Waals surface area (Å²) in [5.74, 6) is -0.833. The van der Waals surface area contributed by atoms with E-state index in [9.17, 15) is 25.9 Å². The van der Waals surface area contributed by atoms with Crippen LogP contribution in [0, 0.1) is 35.1 Å². The number of benzene rings is 2. The predicted octanol–water partition coefficient (Wildman–Crippen LogP) is 10.3. The van der Waals surface area contributed by atoms with Crippen LogP contribution in [0.2, 0.25) is 20.5 Å². The van der Waals surface area contributed by atoms with Crippen LogP contribution in [0.3, 0.4) is 0 Å². The van der Waals surface area contributed by atoms with E-state index in [1.54, 1.807) is 12.1 Å². The molecule has 2 aliphatic heterocycles. The maximum absolute atomic E-state index is 11.4. The molecule has 14 nitrogen and oxygen atoms in total. The number of nitrogens with zero attached hydrogens (tertiary/aromatic N) is 2. The van der Waals surface area contributed by atoms with Crippen LogP contribution in [0.25, 0.3) is 0 Å². The van der Waals surface area contributed by atoms with Crippen molar-refractivity contribution in [2.24, 2.45) is 0 Å². The van der Waals surface area contributed by atoms with Gasteiger partial charge in [-0.25, -0.2) is 0 Å². The van der Waals surface area contributed by atoms with Gasteiger partial charge in [0, 0.05) is 99.6 Å². The summed E-state index contributed by atoms with van der Waals surface area (Å²) in [5.41, 5.74) is 6.03. The van der Waals surface area contributed by atoms with Crippen LogP contribution in [-0.4, -0.2) is 104 Å². The first-order valence-electron chi connectivity index (χ1n) is 22.9. The summed E-state index contributed by atoms with van der Waals surface area (Å²) in [7, 11) is -10.7. The number of pyridine rings is 2. The molecular weight excluding hydrogens is 1170 g/mol. The average Bonchev–Trinajstić information content (AvgIpc) is 3.78. The number of rotatable bonds is 8. The molecule has 0 spiro atoms. The number of aryl methyl sites for hydroxylation is 4. The number of aromatic nitrogens is 2. The molecule has 0 saturated carbocycles. The minimum Gasteiger partial charge on any atom is -0.481 e. The van der Waals surface area contributed by atoms with Crippen molar-refractivity contribution < 1.29 is 95.1 Å². The topological polar surface area (TPSA) is 209 Å². The van der Waals surface area contributed by atoms with Gasteiger partial charge in [-0.05, 0) is 165 Å². The van der Waals surface area contributed by atoms with Gasteiger partial charge < -0.3 is 31.0 Å². The minimum absolute atomic E-state index is 0. The Morgan fingerprint density at radius 3 is 0.944 bits per heavy atom. The fourth-order valence-corrected chi connectivity index (χ4v) is 16.4. The molecule has 4 heterocycles. The Hall–Kier alpha value is -1.75. The molecule has 4 aromatic rings. The molecule has 6 rings (SSSR count). The van der Waals surface area contributed by atoms with Crippen molar-refractivity contribution in [1.29, 1.82) is 0 Å². The van der Waals surface area contributed by atoms with E-state index in [0.717, 1.165) is 53.5 Å². The Kier molecular flexibility index (Phi) is 42.3. The molecule has 2 fully saturated rings. The van der Waals surface area contributed by atoms with Crippen LogP contribution < -0.4 is 10.6 Å². The second kappa shape index (κ2) is 39.6. The summed E-state index contributed by atoms with van der Waals surface area (Å²) < 4.78 is 84.3. The van der Waals surface area contributed by atoms with Gasteiger partial charge in [0.15, 0.2) is 0 Å². The molecule has 0 aliphatic carbocycles. The number of aliphatic carboxylic acids is 1. The standard InChI is InChI=1S/2C12H19O3PS.2C7H9N.C4H8O.C3H9B3O3.C2H4O2.CH3.2Pd/c2*1-9(2)16(10(3)4)11-7-5-6-8-12(11)17(13,14)15;2*1-6-4-3-5-7(2)8-6;1-2-4-5-3-1;1-4-7-5(2)9-6(3)8-4;1-2(3)4;;;/h2*5-10H,1-4H3,(H,13,14,15);2*3-5H,1-2H3;1-4H2;1-3H3;1H3,(H,3,4);1H3;;/q;;;;;;;-1;;/p+2. The van der Waals surface area contributed by atoms with Gasteiger partial charge >= 0.3 is 21.4 Å². The first-order chi connectivity index (χ1) is 31.5. The largest absolute Gasteiger partial charge is 0.481 e. The van der Waals surface area contributed by atoms with E-state index in [2.05, 4.69) is 65.4 Å². The summed E-state index contributed by atoms with van der Waals surface area (Å²) in [6, 6.07) is 25.6. The van der Waals surface area contributed by atoms with Gasteiger partial charge in [-0.2, -0.15) is 16.8 Å². The van der Waals surface area contributed by atoms with Crippen LogP contribution in [0.15, 0.2) is 94.7 Å². The van der Waals surface area contributed by atoms with Crippen LogP contribution in [0.1, 0.15) is 97.9 Å². The molecule has 406 valence electrons. The summed E-state index contributed by atoms with van der Waals surface area (Å²) in [6.45, 7) is 33.5. The Bertz CT molecular complexity index is 2070. The molecule has 71 heavy (non-hydrogen) atoms. The zero-order valence-corrected chi connectivity index (χ0v) is 51.6. The van der Waals surface area contributed by atoms with Crippen molar-refractivity contribution in [3.8, 4) is 0 Å². The van der Waals surface area contributed by atoms with Gasteiger partial charge in [-0.3, -0.25) is 23.9 Å². The van der Waals surface area contributed by atoms with Crippen LogP contribution in [0.4, 0.5) is 0 Å². The fourth-order valence-electron chi connectivity index (χ4n) is 7.21. The molecule has 2 aromatic carbocycles. The summed E-state index contributed by atoms with van der Waals surface area (Å²) in [4.78, 5) is 17.5. The first-order valence-corrected chi connectivity index (χ1v) is 29.1. The quantitative estimate of drug-likeness (QED) is 0.0649. The first kappa shape index (κ1) is 75.8. The van der Waals surface area contributed by atoms with E-state index in [-0.39, 0.29) is 79.4 Å². The Morgan fingerprint density at radius 2 is 0.775 bits per heavy atom. The predicted molar refractivity (Wildman–Crippen MR) is 294 cm³/mol. The van der Waals surface area contributed by atoms with Gasteiger partial charge in [-0.15, -0.1) is 0 Å². The molecule has 2 aromatic heterocycles. The number of carboxylic acid groups (broad SMARTS) is 1. The molecule has 0 unspecified atom stereocenters. The van der Waals surface area contributed by atoms with E-state index < -0.39 is 42.0 Å². The fraction of sp³-hybridized carbons (Fsp3) is 0.500. The maximum atomic E-state index is 11.4. The van der Waals surface area contributed by atoms with E-state index in [1.165, 1.54) is 25.0 Å². The molecule has 0 atom stereocenters. The summed E-state index contributed by atoms with van der Waals surface area (Å²) in [5, 5.41) is 9.04. The smallest absolute Gasteiger partial charge is 0.426 e. The van der Waals surface area contributed by atoms with Crippen molar-refractivity contribution in [3.05, 3.63) is 115 Å². The number of hydrogen-bond acceptors (Lipinski definition) is 11. The van der Waals surface area contributed by atoms with Gasteiger partial charge in [0.2, 0.25) is 0 Å². The summed E-state index contributed by atoms with van der Waals surface area (Å²) in [6.07, 6.45) is 2.56. The van der Waals surface area contributed by atoms with Gasteiger partial charge in [0.25, 0.3) is 26.2 Å². The molecular formula is C48H82B3N2O12P2Pd2S2+. The molecule has 3 N–H and O–H groups in total. The molecule has 0 bridgehead atoms. The van der Waals surface area contributed by atoms with E-state index in [1.807, 2.05) is 109 Å². The van der Waals surface area contributed by atoms with Crippen molar-refractivity contribution in [2.75, 3.05) is 13.2 Å². The molecule has 23 heteroatoms. The zero-order chi connectivity index (χ0) is 52.4. The zero-order valence-electron chi connectivity index (χ0n) is 44.8. The van der Waals surface area contributed by atoms with E-state index >= 15 is 0 Å². The second-order valence-corrected chi connectivity index (χ2v) is 27.6. The van der Waals surface area contributed by atoms with E-state index in [4.69, 9.17) is 28.4 Å². The third kappa shape index (κ3) is 34.4. The molecule has 2 saturated heterocycles. The molecule has 0 amide bonds. The van der Waals surface area contributed by atoms with Gasteiger partial charge in [-0.1, -0.05) is 36.4 Å².